The number of rotatable bonds is 9. The molecular weight excluding hydrogens is 450 g/mol. The number of nitro benzene ring substituents is 1. The van der Waals surface area contributed by atoms with Crippen LogP contribution in [0.1, 0.15) is 27.5 Å². The first-order valence-electron chi connectivity index (χ1n) is 9.64. The van der Waals surface area contributed by atoms with Crippen molar-refractivity contribution in [1.82, 2.24) is 5.32 Å². The van der Waals surface area contributed by atoms with Crippen molar-refractivity contribution >= 4 is 40.9 Å². The number of carbonyl (C=O) groups excluding carboxylic acids is 2. The van der Waals surface area contributed by atoms with Gasteiger partial charge in [0.1, 0.15) is 0 Å². The minimum atomic E-state index is -0.757. The van der Waals surface area contributed by atoms with E-state index in [4.69, 9.17) is 17.3 Å². The van der Waals surface area contributed by atoms with Gasteiger partial charge in [-0.25, -0.2) is 0 Å². The number of thioether (sulfide) groups is 1. The SMILES string of the molecule is NC(=O)c1ccc(SCC(=O)NC(Cc2ccccc2Cl)c2ccccc2)c([N+](=O)[O-])c1. The predicted molar refractivity (Wildman–Crippen MR) is 125 cm³/mol. The van der Waals surface area contributed by atoms with E-state index in [-0.39, 0.29) is 33.8 Å². The lowest BCUT2D eigenvalue weighted by molar-refractivity contribution is -0.387. The summed E-state index contributed by atoms with van der Waals surface area (Å²) in [6, 6.07) is 20.6. The summed E-state index contributed by atoms with van der Waals surface area (Å²) in [6.45, 7) is 0. The second kappa shape index (κ2) is 10.8. The van der Waals surface area contributed by atoms with E-state index in [1.54, 1.807) is 6.07 Å². The Kier molecular flexibility index (Phi) is 7.86. The molecule has 0 aliphatic heterocycles. The Morgan fingerprint density at radius 2 is 1.75 bits per heavy atom. The van der Waals surface area contributed by atoms with Crippen LogP contribution in [0.3, 0.4) is 0 Å². The highest BCUT2D eigenvalue weighted by Gasteiger charge is 2.20. The van der Waals surface area contributed by atoms with Crippen LogP contribution in [-0.4, -0.2) is 22.5 Å². The van der Waals surface area contributed by atoms with Gasteiger partial charge in [0, 0.05) is 16.7 Å². The smallest absolute Gasteiger partial charge is 0.283 e. The maximum atomic E-state index is 12.7. The zero-order valence-corrected chi connectivity index (χ0v) is 18.4. The standard InChI is InChI=1S/C23H20ClN3O4S/c24-18-9-5-4-8-16(18)12-19(15-6-2-1-3-7-15)26-22(28)14-32-21-11-10-17(23(25)29)13-20(21)27(30)31/h1-11,13,19H,12,14H2,(H2,25,29)(H,26,28). The van der Waals surface area contributed by atoms with Crippen molar-refractivity contribution in [3.05, 3.63) is 105 Å². The van der Waals surface area contributed by atoms with Gasteiger partial charge in [0.15, 0.2) is 0 Å². The number of hydrogen-bond donors (Lipinski definition) is 2. The number of amides is 2. The van der Waals surface area contributed by atoms with Crippen LogP contribution in [0.4, 0.5) is 5.69 Å². The molecule has 0 aliphatic carbocycles. The number of carbonyl (C=O) groups is 2. The second-order valence-corrected chi connectivity index (χ2v) is 8.34. The molecule has 3 aromatic rings. The Labute approximate surface area is 194 Å². The highest BCUT2D eigenvalue weighted by Crippen LogP contribution is 2.30. The van der Waals surface area contributed by atoms with Crippen LogP contribution in [0, 0.1) is 10.1 Å². The third-order valence-corrected chi connectivity index (χ3v) is 6.15. The van der Waals surface area contributed by atoms with Gasteiger partial charge in [0.05, 0.1) is 21.6 Å². The average Bonchev–Trinajstić information content (AvgIpc) is 2.79. The molecule has 1 atom stereocenters. The van der Waals surface area contributed by atoms with Crippen LogP contribution in [0.25, 0.3) is 0 Å². The number of nitrogens with two attached hydrogens (primary N) is 1. The average molecular weight is 470 g/mol. The summed E-state index contributed by atoms with van der Waals surface area (Å²) in [4.78, 5) is 35.1. The highest BCUT2D eigenvalue weighted by molar-refractivity contribution is 8.00. The quantitative estimate of drug-likeness (QED) is 0.271. The molecule has 0 heterocycles. The Hall–Kier alpha value is -3.36. The van der Waals surface area contributed by atoms with E-state index in [0.717, 1.165) is 29.0 Å². The summed E-state index contributed by atoms with van der Waals surface area (Å²) in [6.07, 6.45) is 0.494. The van der Waals surface area contributed by atoms with Gasteiger partial charge >= 0.3 is 0 Å². The second-order valence-electron chi connectivity index (χ2n) is 6.92. The van der Waals surface area contributed by atoms with Crippen LogP contribution < -0.4 is 11.1 Å². The topological polar surface area (TPSA) is 115 Å². The van der Waals surface area contributed by atoms with Crippen molar-refractivity contribution in [3.63, 3.8) is 0 Å². The first kappa shape index (κ1) is 23.3. The first-order chi connectivity index (χ1) is 15.3. The molecule has 9 heteroatoms. The third kappa shape index (κ3) is 6.09. The molecule has 32 heavy (non-hydrogen) atoms. The van der Waals surface area contributed by atoms with E-state index in [0.29, 0.717) is 11.4 Å². The lowest BCUT2D eigenvalue weighted by Crippen LogP contribution is -2.31. The molecule has 7 nitrogen and oxygen atoms in total. The number of hydrogen-bond acceptors (Lipinski definition) is 5. The van der Waals surface area contributed by atoms with E-state index >= 15 is 0 Å². The van der Waals surface area contributed by atoms with Gasteiger partial charge in [0.2, 0.25) is 11.8 Å². The largest absolute Gasteiger partial charge is 0.366 e. The van der Waals surface area contributed by atoms with Crippen LogP contribution >= 0.6 is 23.4 Å². The monoisotopic (exact) mass is 469 g/mol. The molecule has 2 amide bonds. The molecule has 3 rings (SSSR count). The molecule has 0 bridgehead atoms. The molecular formula is C23H20ClN3O4S. The molecule has 3 N–H and O–H groups in total. The molecule has 0 spiro atoms. The van der Waals surface area contributed by atoms with Crippen LogP contribution in [-0.2, 0) is 11.2 Å². The fourth-order valence-corrected chi connectivity index (χ4v) is 4.16. The third-order valence-electron chi connectivity index (χ3n) is 4.72. The van der Waals surface area contributed by atoms with Crippen molar-refractivity contribution in [3.8, 4) is 0 Å². The van der Waals surface area contributed by atoms with Crippen LogP contribution in [0.15, 0.2) is 77.7 Å². The van der Waals surface area contributed by atoms with Crippen molar-refractivity contribution in [2.75, 3.05) is 5.75 Å². The van der Waals surface area contributed by atoms with E-state index in [1.165, 1.54) is 12.1 Å². The van der Waals surface area contributed by atoms with Crippen molar-refractivity contribution in [1.29, 1.82) is 0 Å². The normalized spacial score (nSPS) is 11.5. The zero-order valence-electron chi connectivity index (χ0n) is 16.9. The van der Waals surface area contributed by atoms with Crippen LogP contribution in [0.5, 0.6) is 0 Å². The number of nitro groups is 1. The van der Waals surface area contributed by atoms with Crippen molar-refractivity contribution in [2.24, 2.45) is 5.73 Å². The Bertz CT molecular complexity index is 1140. The number of nitrogens with zero attached hydrogens (tertiary/aromatic N) is 1. The molecule has 0 fully saturated rings. The summed E-state index contributed by atoms with van der Waals surface area (Å²) < 4.78 is 0. The van der Waals surface area contributed by atoms with Crippen LogP contribution in [0.2, 0.25) is 5.02 Å². The number of nitrogens with one attached hydrogen (secondary N) is 1. The highest BCUT2D eigenvalue weighted by atomic mass is 35.5. The minimum Gasteiger partial charge on any atom is -0.366 e. The van der Waals surface area contributed by atoms with E-state index in [9.17, 15) is 19.7 Å². The molecule has 164 valence electrons. The van der Waals surface area contributed by atoms with Gasteiger partial charge in [-0.15, -0.1) is 11.8 Å². The summed E-state index contributed by atoms with van der Waals surface area (Å²) in [7, 11) is 0. The molecule has 0 saturated heterocycles. The number of primary amides is 1. The van der Waals surface area contributed by atoms with Gasteiger partial charge < -0.3 is 11.1 Å². The number of halogens is 1. The maximum absolute atomic E-state index is 12.7. The van der Waals surface area contributed by atoms with E-state index in [2.05, 4.69) is 5.32 Å². The molecule has 0 aliphatic rings. The van der Waals surface area contributed by atoms with Crippen molar-refractivity contribution < 1.29 is 14.5 Å². The predicted octanol–water partition coefficient (Wildman–Crippen LogP) is 4.54. The fraction of sp³-hybridized carbons (Fsp3) is 0.130. The van der Waals surface area contributed by atoms with Gasteiger partial charge in [-0.1, -0.05) is 60.1 Å². The van der Waals surface area contributed by atoms with E-state index < -0.39 is 10.8 Å². The Morgan fingerprint density at radius 1 is 1.06 bits per heavy atom. The Morgan fingerprint density at radius 3 is 2.41 bits per heavy atom. The molecule has 0 radical (unpaired) electrons. The zero-order chi connectivity index (χ0) is 23.1. The molecule has 1 unspecified atom stereocenters. The summed E-state index contributed by atoms with van der Waals surface area (Å²) in [5, 5.41) is 15.0. The van der Waals surface area contributed by atoms with Crippen molar-refractivity contribution in [2.45, 2.75) is 17.4 Å². The van der Waals surface area contributed by atoms with Gasteiger partial charge in [0.25, 0.3) is 5.69 Å². The maximum Gasteiger partial charge on any atom is 0.283 e. The molecule has 3 aromatic carbocycles. The fourth-order valence-electron chi connectivity index (χ4n) is 3.14. The lowest BCUT2D eigenvalue weighted by atomic mass is 9.99. The Balaban J connectivity index is 1.74. The number of benzene rings is 3. The lowest BCUT2D eigenvalue weighted by Gasteiger charge is -2.20. The summed E-state index contributed by atoms with van der Waals surface area (Å²) in [5.74, 6) is -1.08. The van der Waals surface area contributed by atoms with E-state index in [1.807, 2.05) is 48.5 Å². The molecule has 0 aromatic heterocycles. The van der Waals surface area contributed by atoms with Gasteiger partial charge in [-0.3, -0.25) is 19.7 Å². The first-order valence-corrected chi connectivity index (χ1v) is 11.0. The minimum absolute atomic E-state index is 0.0365. The summed E-state index contributed by atoms with van der Waals surface area (Å²) >= 11 is 7.32. The van der Waals surface area contributed by atoms with Gasteiger partial charge in [-0.05, 0) is 35.7 Å². The van der Waals surface area contributed by atoms with Gasteiger partial charge in [-0.2, -0.15) is 0 Å². The molecule has 0 saturated carbocycles. The summed E-state index contributed by atoms with van der Waals surface area (Å²) in [5.41, 5.74) is 6.78.